The Morgan fingerprint density at radius 1 is 1.19 bits per heavy atom. The highest BCUT2D eigenvalue weighted by Crippen LogP contribution is 2.38. The summed E-state index contributed by atoms with van der Waals surface area (Å²) in [4.78, 5) is 0. The van der Waals surface area contributed by atoms with E-state index in [1.165, 1.54) is 37.7 Å². The van der Waals surface area contributed by atoms with Crippen molar-refractivity contribution in [1.82, 2.24) is 0 Å². The van der Waals surface area contributed by atoms with Crippen molar-refractivity contribution in [3.8, 4) is 11.8 Å². The maximum absolute atomic E-state index is 3.11. The standard InChI is InChI=1S/C21H33/c1-5-6-7-10-13-18(2)14-11-8-9-12-15-21-19(3)16-17-20(21)4/h8-9,13,16,19-21H,7,10-12,14-15,17H2,1-4H3/q+1/b9-8+,18-13+. The van der Waals surface area contributed by atoms with Gasteiger partial charge in [-0.25, -0.2) is 0 Å². The highest BCUT2D eigenvalue weighted by atomic mass is 14.3. The Bertz CT molecular complexity index is 378. The number of unbranched alkanes of at least 4 members (excludes halogenated alkanes) is 1. The van der Waals surface area contributed by atoms with Crippen LogP contribution in [0.3, 0.4) is 0 Å². The zero-order valence-corrected chi connectivity index (χ0v) is 14.5. The van der Waals surface area contributed by atoms with Gasteiger partial charge in [-0.1, -0.05) is 30.7 Å². The molecule has 0 saturated heterocycles. The van der Waals surface area contributed by atoms with E-state index in [0.717, 1.165) is 30.6 Å². The minimum atomic E-state index is 0.824. The van der Waals surface area contributed by atoms with Crippen LogP contribution in [0, 0.1) is 36.0 Å². The molecule has 0 bridgehead atoms. The van der Waals surface area contributed by atoms with E-state index in [-0.39, 0.29) is 0 Å². The van der Waals surface area contributed by atoms with Gasteiger partial charge in [0, 0.05) is 18.3 Å². The molecule has 3 unspecified atom stereocenters. The second kappa shape index (κ2) is 10.6. The van der Waals surface area contributed by atoms with Crippen LogP contribution in [0.1, 0.15) is 72.6 Å². The average molecular weight is 285 g/mol. The molecule has 1 saturated carbocycles. The van der Waals surface area contributed by atoms with Crippen LogP contribution < -0.4 is 0 Å². The Morgan fingerprint density at radius 3 is 2.62 bits per heavy atom. The molecule has 1 fully saturated rings. The van der Waals surface area contributed by atoms with Gasteiger partial charge in [-0.15, -0.1) is 11.8 Å². The largest absolute Gasteiger partial charge is 0.107 e. The molecular weight excluding hydrogens is 252 g/mol. The molecular formula is C21H33+. The lowest BCUT2D eigenvalue weighted by molar-refractivity contribution is 0.333. The van der Waals surface area contributed by atoms with Crippen LogP contribution in [0.4, 0.5) is 0 Å². The van der Waals surface area contributed by atoms with Gasteiger partial charge in [-0.2, -0.15) is 0 Å². The summed E-state index contributed by atoms with van der Waals surface area (Å²) in [6.45, 7) is 8.94. The second-order valence-corrected chi connectivity index (χ2v) is 6.58. The van der Waals surface area contributed by atoms with E-state index >= 15 is 0 Å². The molecule has 1 aliphatic carbocycles. The third-order valence-electron chi connectivity index (χ3n) is 4.76. The molecule has 0 N–H and O–H groups in total. The van der Waals surface area contributed by atoms with Crippen molar-refractivity contribution in [3.05, 3.63) is 30.2 Å². The van der Waals surface area contributed by atoms with E-state index in [1.54, 1.807) is 0 Å². The van der Waals surface area contributed by atoms with E-state index in [2.05, 4.69) is 57.3 Å². The molecule has 3 atom stereocenters. The SMILES string of the molecule is CC#CCC/C=C(\C)CC/C=C/CCC1C(C)[CH+]CC1C. The molecule has 0 aromatic rings. The van der Waals surface area contributed by atoms with Crippen molar-refractivity contribution in [2.75, 3.05) is 0 Å². The Kier molecular flexibility index (Phi) is 9.07. The predicted octanol–water partition coefficient (Wildman–Crippen LogP) is 6.35. The highest BCUT2D eigenvalue weighted by molar-refractivity contribution is 5.03. The molecule has 0 spiro atoms. The van der Waals surface area contributed by atoms with Gasteiger partial charge in [0.25, 0.3) is 0 Å². The van der Waals surface area contributed by atoms with Crippen molar-refractivity contribution >= 4 is 0 Å². The molecule has 0 heteroatoms. The first-order valence-corrected chi connectivity index (χ1v) is 8.68. The molecule has 1 rings (SSSR count). The Morgan fingerprint density at radius 2 is 1.95 bits per heavy atom. The van der Waals surface area contributed by atoms with E-state index in [1.807, 2.05) is 6.92 Å². The topological polar surface area (TPSA) is 0 Å². The van der Waals surface area contributed by atoms with Crippen molar-refractivity contribution in [3.63, 3.8) is 0 Å². The normalized spacial score (nSPS) is 25.7. The van der Waals surface area contributed by atoms with E-state index < -0.39 is 0 Å². The van der Waals surface area contributed by atoms with Crippen LogP contribution in [-0.2, 0) is 0 Å². The summed E-state index contributed by atoms with van der Waals surface area (Å²) in [6, 6.07) is 0. The van der Waals surface area contributed by atoms with E-state index in [9.17, 15) is 0 Å². The van der Waals surface area contributed by atoms with Crippen LogP contribution in [0.5, 0.6) is 0 Å². The third-order valence-corrected chi connectivity index (χ3v) is 4.76. The summed E-state index contributed by atoms with van der Waals surface area (Å²) >= 11 is 0. The van der Waals surface area contributed by atoms with E-state index in [4.69, 9.17) is 0 Å². The molecule has 0 aliphatic heterocycles. The molecule has 116 valence electrons. The number of hydrogen-bond donors (Lipinski definition) is 0. The van der Waals surface area contributed by atoms with Gasteiger partial charge < -0.3 is 0 Å². The highest BCUT2D eigenvalue weighted by Gasteiger charge is 2.36. The van der Waals surface area contributed by atoms with Crippen molar-refractivity contribution in [2.45, 2.75) is 72.6 Å². The summed E-state index contributed by atoms with van der Waals surface area (Å²) in [5, 5.41) is 0. The Hall–Kier alpha value is -1.09. The molecule has 0 nitrogen and oxygen atoms in total. The van der Waals surface area contributed by atoms with Gasteiger partial charge >= 0.3 is 0 Å². The summed E-state index contributed by atoms with van der Waals surface area (Å²) in [6.07, 6.45) is 18.0. The molecule has 21 heavy (non-hydrogen) atoms. The van der Waals surface area contributed by atoms with Crippen molar-refractivity contribution in [2.24, 2.45) is 17.8 Å². The van der Waals surface area contributed by atoms with Crippen LogP contribution >= 0.6 is 0 Å². The lowest BCUT2D eigenvalue weighted by Gasteiger charge is -2.13. The summed E-state index contributed by atoms with van der Waals surface area (Å²) in [5.41, 5.74) is 1.50. The van der Waals surface area contributed by atoms with Crippen LogP contribution in [0.2, 0.25) is 0 Å². The minimum Gasteiger partial charge on any atom is -0.107 e. The lowest BCUT2D eigenvalue weighted by Crippen LogP contribution is -2.10. The maximum atomic E-state index is 3.11. The van der Waals surface area contributed by atoms with Crippen molar-refractivity contribution < 1.29 is 0 Å². The fourth-order valence-electron chi connectivity index (χ4n) is 3.30. The molecule has 0 radical (unpaired) electrons. The van der Waals surface area contributed by atoms with Gasteiger partial charge in [-0.3, -0.25) is 0 Å². The van der Waals surface area contributed by atoms with Crippen LogP contribution in [-0.4, -0.2) is 0 Å². The number of hydrogen-bond acceptors (Lipinski definition) is 0. The lowest BCUT2D eigenvalue weighted by atomic mass is 9.87. The van der Waals surface area contributed by atoms with Gasteiger partial charge in [0.15, 0.2) is 0 Å². The number of rotatable bonds is 8. The first kappa shape index (κ1) is 18.0. The first-order valence-electron chi connectivity index (χ1n) is 8.68. The second-order valence-electron chi connectivity index (χ2n) is 6.58. The van der Waals surface area contributed by atoms with Crippen molar-refractivity contribution in [1.29, 1.82) is 0 Å². The average Bonchev–Trinajstić information content (AvgIpc) is 2.78. The van der Waals surface area contributed by atoms with Gasteiger partial charge in [0.2, 0.25) is 0 Å². The van der Waals surface area contributed by atoms with Crippen LogP contribution in [0.25, 0.3) is 0 Å². The molecule has 0 heterocycles. The van der Waals surface area contributed by atoms with Gasteiger partial charge in [-0.05, 0) is 52.9 Å². The predicted molar refractivity (Wildman–Crippen MR) is 94.8 cm³/mol. The Labute approximate surface area is 133 Å². The summed E-state index contributed by atoms with van der Waals surface area (Å²) < 4.78 is 0. The maximum Gasteiger partial charge on any atom is 0.0982 e. The molecule has 0 aromatic heterocycles. The quantitative estimate of drug-likeness (QED) is 0.211. The third kappa shape index (κ3) is 7.47. The summed E-state index contributed by atoms with van der Waals surface area (Å²) in [5.74, 6) is 8.68. The zero-order chi connectivity index (χ0) is 15.5. The monoisotopic (exact) mass is 285 g/mol. The van der Waals surface area contributed by atoms with Gasteiger partial charge in [0.1, 0.15) is 0 Å². The van der Waals surface area contributed by atoms with Crippen LogP contribution in [0.15, 0.2) is 23.8 Å². The summed E-state index contributed by atoms with van der Waals surface area (Å²) in [7, 11) is 0. The minimum absolute atomic E-state index is 0.824. The fraction of sp³-hybridized carbons (Fsp3) is 0.667. The molecule has 0 amide bonds. The molecule has 1 aliphatic rings. The van der Waals surface area contributed by atoms with Gasteiger partial charge in [0.05, 0.1) is 18.8 Å². The van der Waals surface area contributed by atoms with E-state index in [0.29, 0.717) is 0 Å². The fourth-order valence-corrected chi connectivity index (χ4v) is 3.30. The number of allylic oxidation sites excluding steroid dienone is 4. The Balaban J connectivity index is 2.10. The smallest absolute Gasteiger partial charge is 0.0982 e. The molecule has 0 aromatic carbocycles. The zero-order valence-electron chi connectivity index (χ0n) is 14.5. The first-order chi connectivity index (χ1) is 10.1.